The second-order valence-corrected chi connectivity index (χ2v) is 11.5. The number of aliphatic hydroxyl groups excluding tert-OH is 1. The molecule has 1 saturated carbocycles. The Balaban J connectivity index is 1.08. The molecule has 3 aromatic carbocycles. The van der Waals surface area contributed by atoms with Gasteiger partial charge in [-0.3, -0.25) is 14.5 Å². The van der Waals surface area contributed by atoms with Gasteiger partial charge in [-0.05, 0) is 72.6 Å². The summed E-state index contributed by atoms with van der Waals surface area (Å²) in [6.07, 6.45) is -0.915. The molecule has 1 heterocycles. The average molecular weight is 596 g/mol. The number of aliphatic hydroxyl groups is 2. The van der Waals surface area contributed by atoms with Crippen molar-refractivity contribution in [3.63, 3.8) is 0 Å². The van der Waals surface area contributed by atoms with E-state index < -0.39 is 29.2 Å². The Morgan fingerprint density at radius 1 is 0.953 bits per heavy atom. The van der Waals surface area contributed by atoms with Gasteiger partial charge < -0.3 is 20.8 Å². The van der Waals surface area contributed by atoms with E-state index in [0.29, 0.717) is 25.4 Å². The van der Waals surface area contributed by atoms with Gasteiger partial charge in [0.2, 0.25) is 5.91 Å². The number of nitrogens with one attached hydrogen (secondary N) is 2. The number of likely N-dealkylation sites (tertiary alicyclic amines) is 1. The highest BCUT2D eigenvalue weighted by molar-refractivity contribution is 5.96. The summed E-state index contributed by atoms with van der Waals surface area (Å²) in [7, 11) is 0. The van der Waals surface area contributed by atoms with Gasteiger partial charge in [-0.25, -0.2) is 0 Å². The van der Waals surface area contributed by atoms with Gasteiger partial charge in [0.1, 0.15) is 0 Å². The quantitative estimate of drug-likeness (QED) is 0.305. The van der Waals surface area contributed by atoms with Crippen LogP contribution in [0, 0.1) is 0 Å². The first-order valence-electron chi connectivity index (χ1n) is 14.6. The van der Waals surface area contributed by atoms with E-state index in [1.54, 1.807) is 0 Å². The van der Waals surface area contributed by atoms with Crippen LogP contribution >= 0.6 is 0 Å². The summed E-state index contributed by atoms with van der Waals surface area (Å²) in [6, 6.07) is 19.9. The molecule has 1 aliphatic heterocycles. The Labute approximate surface area is 248 Å². The molecular weight excluding hydrogens is 559 g/mol. The number of amides is 2. The average Bonchev–Trinajstić information content (AvgIpc) is 3.48. The van der Waals surface area contributed by atoms with Crippen molar-refractivity contribution in [3.8, 4) is 11.1 Å². The first-order chi connectivity index (χ1) is 20.6. The molecule has 0 radical (unpaired) electrons. The number of alkyl halides is 3. The molecule has 1 atom stereocenters. The molecule has 2 amide bonds. The largest absolute Gasteiger partial charge is 0.416 e. The van der Waals surface area contributed by atoms with Gasteiger partial charge in [0.05, 0.1) is 24.3 Å². The summed E-state index contributed by atoms with van der Waals surface area (Å²) in [5, 5.41) is 26.4. The molecule has 0 unspecified atom stereocenters. The number of rotatable bonds is 8. The summed E-state index contributed by atoms with van der Waals surface area (Å²) < 4.78 is 38.8. The van der Waals surface area contributed by atoms with Crippen molar-refractivity contribution in [1.82, 2.24) is 15.5 Å². The predicted molar refractivity (Wildman–Crippen MR) is 156 cm³/mol. The third kappa shape index (κ3) is 7.26. The lowest BCUT2D eigenvalue weighted by Gasteiger charge is -2.40. The fourth-order valence-electron chi connectivity index (χ4n) is 6.25. The first kappa shape index (κ1) is 30.7. The van der Waals surface area contributed by atoms with Crippen LogP contribution in [-0.2, 0) is 23.2 Å². The highest BCUT2D eigenvalue weighted by atomic mass is 19.4. The molecule has 5 rings (SSSR count). The van der Waals surface area contributed by atoms with Crippen LogP contribution in [0.15, 0.2) is 72.8 Å². The minimum Gasteiger partial charge on any atom is -0.392 e. The zero-order valence-electron chi connectivity index (χ0n) is 23.7. The van der Waals surface area contributed by atoms with E-state index in [0.717, 1.165) is 66.3 Å². The van der Waals surface area contributed by atoms with Crippen LogP contribution in [0.4, 0.5) is 13.2 Å². The monoisotopic (exact) mass is 595 g/mol. The summed E-state index contributed by atoms with van der Waals surface area (Å²) in [5.74, 6) is -1.14. The molecule has 2 aliphatic rings. The van der Waals surface area contributed by atoms with Gasteiger partial charge in [-0.15, -0.1) is 0 Å². The van der Waals surface area contributed by atoms with Crippen molar-refractivity contribution in [1.29, 1.82) is 0 Å². The Hall–Kier alpha value is -3.73. The third-order valence-electron chi connectivity index (χ3n) is 8.67. The van der Waals surface area contributed by atoms with Crippen LogP contribution in [-0.4, -0.2) is 58.6 Å². The molecule has 1 aliphatic carbocycles. The van der Waals surface area contributed by atoms with Crippen LogP contribution in [0.25, 0.3) is 11.1 Å². The predicted octanol–water partition coefficient (Wildman–Crippen LogP) is 4.62. The zero-order chi connectivity index (χ0) is 30.6. The van der Waals surface area contributed by atoms with Gasteiger partial charge in [-0.2, -0.15) is 13.2 Å². The normalized spacial score (nSPS) is 22.7. The van der Waals surface area contributed by atoms with Crippen LogP contribution in [0.1, 0.15) is 59.2 Å². The molecule has 0 aromatic heterocycles. The Kier molecular flexibility index (Phi) is 9.19. The molecule has 7 nitrogen and oxygen atoms in total. The smallest absolute Gasteiger partial charge is 0.392 e. The molecule has 0 spiro atoms. The van der Waals surface area contributed by atoms with Gasteiger partial charge in [0.15, 0.2) is 0 Å². The molecular formula is C33H36F3N3O4. The van der Waals surface area contributed by atoms with Crippen molar-refractivity contribution in [2.75, 3.05) is 19.6 Å². The SMILES string of the molecule is O=C(CNC(=O)c1cccc(C(F)(F)F)c1)N[C@@H]1CCN(C2CCC(O)(c3ccc(-c4ccccc4CO)cc3)CC2)C1. The van der Waals surface area contributed by atoms with E-state index >= 15 is 0 Å². The van der Waals surface area contributed by atoms with Crippen molar-refractivity contribution >= 4 is 11.8 Å². The second-order valence-electron chi connectivity index (χ2n) is 11.5. The maximum absolute atomic E-state index is 12.9. The van der Waals surface area contributed by atoms with Crippen molar-refractivity contribution < 1.29 is 33.0 Å². The van der Waals surface area contributed by atoms with E-state index in [9.17, 15) is 33.0 Å². The van der Waals surface area contributed by atoms with Gasteiger partial charge in [-0.1, -0.05) is 54.6 Å². The molecule has 2 fully saturated rings. The fraction of sp³-hybridized carbons (Fsp3) is 0.394. The topological polar surface area (TPSA) is 102 Å². The number of carbonyl (C=O) groups excluding carboxylic acids is 2. The van der Waals surface area contributed by atoms with E-state index in [2.05, 4.69) is 15.5 Å². The number of benzene rings is 3. The number of hydrogen-bond acceptors (Lipinski definition) is 5. The van der Waals surface area contributed by atoms with E-state index in [1.807, 2.05) is 48.5 Å². The highest BCUT2D eigenvalue weighted by Gasteiger charge is 2.38. The van der Waals surface area contributed by atoms with Gasteiger partial charge >= 0.3 is 6.18 Å². The molecule has 1 saturated heterocycles. The second kappa shape index (κ2) is 12.9. The minimum atomic E-state index is -4.56. The molecule has 43 heavy (non-hydrogen) atoms. The van der Waals surface area contributed by atoms with Gasteiger partial charge in [0, 0.05) is 30.7 Å². The maximum Gasteiger partial charge on any atom is 0.416 e. The minimum absolute atomic E-state index is 0.0375. The summed E-state index contributed by atoms with van der Waals surface area (Å²) in [6.45, 7) is 1.11. The fourth-order valence-corrected chi connectivity index (χ4v) is 6.25. The molecule has 4 N–H and O–H groups in total. The van der Waals surface area contributed by atoms with Gasteiger partial charge in [0.25, 0.3) is 5.91 Å². The summed E-state index contributed by atoms with van der Waals surface area (Å²) in [4.78, 5) is 27.1. The zero-order valence-corrected chi connectivity index (χ0v) is 23.7. The lowest BCUT2D eigenvalue weighted by atomic mass is 9.77. The highest BCUT2D eigenvalue weighted by Crippen LogP contribution is 2.40. The van der Waals surface area contributed by atoms with Crippen molar-refractivity contribution in [2.24, 2.45) is 0 Å². The van der Waals surface area contributed by atoms with Crippen LogP contribution in [0.5, 0.6) is 0 Å². The first-order valence-corrected chi connectivity index (χ1v) is 14.6. The van der Waals surface area contributed by atoms with Crippen LogP contribution in [0.3, 0.4) is 0 Å². The van der Waals surface area contributed by atoms with E-state index in [4.69, 9.17) is 0 Å². The van der Waals surface area contributed by atoms with E-state index in [1.165, 1.54) is 6.07 Å². The Morgan fingerprint density at radius 2 is 1.67 bits per heavy atom. The number of nitrogens with zero attached hydrogens (tertiary/aromatic N) is 1. The van der Waals surface area contributed by atoms with Crippen molar-refractivity contribution in [3.05, 3.63) is 95.1 Å². The molecule has 3 aromatic rings. The third-order valence-corrected chi connectivity index (χ3v) is 8.67. The summed E-state index contributed by atoms with van der Waals surface area (Å²) in [5.41, 5.74) is 1.72. The van der Waals surface area contributed by atoms with Crippen molar-refractivity contribution in [2.45, 2.75) is 62.6 Å². The Bertz CT molecular complexity index is 1440. The Morgan fingerprint density at radius 3 is 2.37 bits per heavy atom. The number of halogens is 3. The van der Waals surface area contributed by atoms with E-state index in [-0.39, 0.29) is 24.8 Å². The van der Waals surface area contributed by atoms with Crippen LogP contribution < -0.4 is 10.6 Å². The number of carbonyl (C=O) groups is 2. The number of hydrogen-bond donors (Lipinski definition) is 4. The maximum atomic E-state index is 12.9. The lowest BCUT2D eigenvalue weighted by Crippen LogP contribution is -2.45. The lowest BCUT2D eigenvalue weighted by molar-refractivity contribution is -0.137. The van der Waals surface area contributed by atoms with Crippen LogP contribution in [0.2, 0.25) is 0 Å². The molecule has 228 valence electrons. The summed E-state index contributed by atoms with van der Waals surface area (Å²) >= 11 is 0. The molecule has 10 heteroatoms. The molecule has 0 bridgehead atoms. The standard InChI is InChI=1S/C33H36F3N3O4/c34-33(35,36)26-6-3-5-23(18-26)31(42)37-19-30(41)38-27-14-17-39(20-27)28-12-15-32(43,16-13-28)25-10-8-22(9-11-25)29-7-2-1-4-24(29)21-40/h1-11,18,27-28,40,43H,12-17,19-21H2,(H,37,42)(H,38,41)/t27-,28?,32?/m1/s1.